The summed E-state index contributed by atoms with van der Waals surface area (Å²) >= 11 is 0. The van der Waals surface area contributed by atoms with Gasteiger partial charge in [-0.3, -0.25) is 4.79 Å². The number of halogens is 1. The number of nitrogens with two attached hydrogens (primary N) is 1. The van der Waals surface area contributed by atoms with E-state index in [2.05, 4.69) is 18.8 Å². The van der Waals surface area contributed by atoms with Crippen LogP contribution in [0.15, 0.2) is 18.2 Å². The maximum absolute atomic E-state index is 13.3. The lowest BCUT2D eigenvalue weighted by Crippen LogP contribution is -2.29. The standard InChI is InChI=1S/C15H17FN2O/c1-11-6-8-18(10-11)15(19)14-9-13(16)5-4-12(14)3-2-7-17/h4-5,9,11H,6-8,10,17H2,1H3. The number of carbonyl (C=O) groups is 1. The minimum atomic E-state index is -0.422. The molecule has 2 rings (SSSR count). The van der Waals surface area contributed by atoms with Crippen molar-refractivity contribution < 1.29 is 9.18 Å². The molecule has 1 saturated heterocycles. The predicted molar refractivity (Wildman–Crippen MR) is 72.0 cm³/mol. The third-order valence-electron chi connectivity index (χ3n) is 3.25. The van der Waals surface area contributed by atoms with Gasteiger partial charge in [-0.2, -0.15) is 0 Å². The van der Waals surface area contributed by atoms with E-state index in [-0.39, 0.29) is 12.5 Å². The Balaban J connectivity index is 2.31. The van der Waals surface area contributed by atoms with Crippen LogP contribution in [0.3, 0.4) is 0 Å². The van der Waals surface area contributed by atoms with Crippen molar-refractivity contribution in [1.82, 2.24) is 4.90 Å². The average molecular weight is 260 g/mol. The van der Waals surface area contributed by atoms with E-state index in [4.69, 9.17) is 5.73 Å². The maximum atomic E-state index is 13.3. The van der Waals surface area contributed by atoms with Crippen LogP contribution >= 0.6 is 0 Å². The molecule has 1 atom stereocenters. The molecule has 1 fully saturated rings. The van der Waals surface area contributed by atoms with Gasteiger partial charge in [-0.15, -0.1) is 0 Å². The summed E-state index contributed by atoms with van der Waals surface area (Å²) in [4.78, 5) is 14.1. The molecule has 1 aromatic rings. The van der Waals surface area contributed by atoms with Crippen molar-refractivity contribution >= 4 is 5.91 Å². The molecule has 0 radical (unpaired) electrons. The minimum Gasteiger partial charge on any atom is -0.338 e. The summed E-state index contributed by atoms with van der Waals surface area (Å²) in [5.74, 6) is 5.46. The van der Waals surface area contributed by atoms with Crippen molar-refractivity contribution in [2.75, 3.05) is 19.6 Å². The van der Waals surface area contributed by atoms with Crippen molar-refractivity contribution in [2.45, 2.75) is 13.3 Å². The van der Waals surface area contributed by atoms with Crippen LogP contribution in [-0.2, 0) is 0 Å². The molecular formula is C15H17FN2O. The van der Waals surface area contributed by atoms with Crippen LogP contribution in [0.5, 0.6) is 0 Å². The van der Waals surface area contributed by atoms with Gasteiger partial charge < -0.3 is 10.6 Å². The van der Waals surface area contributed by atoms with Gasteiger partial charge >= 0.3 is 0 Å². The SMILES string of the molecule is CC1CCN(C(=O)c2cc(F)ccc2C#CCN)C1. The first-order valence-electron chi connectivity index (χ1n) is 6.39. The van der Waals surface area contributed by atoms with E-state index in [0.29, 0.717) is 17.0 Å². The van der Waals surface area contributed by atoms with E-state index < -0.39 is 5.82 Å². The van der Waals surface area contributed by atoms with Crippen LogP contribution in [0, 0.1) is 23.6 Å². The van der Waals surface area contributed by atoms with E-state index in [1.807, 2.05) is 0 Å². The Morgan fingerprint density at radius 3 is 3.00 bits per heavy atom. The number of hydrogen-bond acceptors (Lipinski definition) is 2. The second-order valence-electron chi connectivity index (χ2n) is 4.84. The molecule has 2 N–H and O–H groups in total. The highest BCUT2D eigenvalue weighted by Gasteiger charge is 2.25. The molecule has 1 aromatic carbocycles. The number of nitrogens with zero attached hydrogens (tertiary/aromatic N) is 1. The summed E-state index contributed by atoms with van der Waals surface area (Å²) < 4.78 is 13.3. The number of amides is 1. The lowest BCUT2D eigenvalue weighted by molar-refractivity contribution is 0.0787. The first kappa shape index (κ1) is 13.6. The van der Waals surface area contributed by atoms with E-state index in [9.17, 15) is 9.18 Å². The number of carbonyl (C=O) groups excluding carboxylic acids is 1. The lowest BCUT2D eigenvalue weighted by atomic mass is 10.1. The second kappa shape index (κ2) is 5.85. The van der Waals surface area contributed by atoms with Crippen molar-refractivity contribution in [3.8, 4) is 11.8 Å². The Bertz CT molecular complexity index is 545. The molecule has 1 unspecified atom stereocenters. The van der Waals surface area contributed by atoms with E-state index in [1.165, 1.54) is 18.2 Å². The minimum absolute atomic E-state index is 0.148. The largest absolute Gasteiger partial charge is 0.338 e. The molecular weight excluding hydrogens is 243 g/mol. The van der Waals surface area contributed by atoms with Gasteiger partial charge in [0, 0.05) is 18.7 Å². The molecule has 4 heteroatoms. The van der Waals surface area contributed by atoms with Gasteiger partial charge in [0.25, 0.3) is 5.91 Å². The summed E-state index contributed by atoms with van der Waals surface area (Å²) in [6, 6.07) is 4.10. The Hall–Kier alpha value is -1.86. The molecule has 0 aromatic heterocycles. The van der Waals surface area contributed by atoms with Crippen LogP contribution in [0.2, 0.25) is 0 Å². The van der Waals surface area contributed by atoms with Crippen LogP contribution in [0.4, 0.5) is 4.39 Å². The number of rotatable bonds is 1. The quantitative estimate of drug-likeness (QED) is 0.780. The molecule has 0 bridgehead atoms. The Morgan fingerprint density at radius 2 is 2.37 bits per heavy atom. The highest BCUT2D eigenvalue weighted by Crippen LogP contribution is 2.20. The molecule has 0 aliphatic carbocycles. The summed E-state index contributed by atoms with van der Waals surface area (Å²) in [6.45, 7) is 3.76. The lowest BCUT2D eigenvalue weighted by Gasteiger charge is -2.16. The fraction of sp³-hybridized carbons (Fsp3) is 0.400. The summed E-state index contributed by atoms with van der Waals surface area (Å²) in [5, 5.41) is 0. The highest BCUT2D eigenvalue weighted by atomic mass is 19.1. The molecule has 1 heterocycles. The molecule has 0 saturated carbocycles. The predicted octanol–water partition coefficient (Wildman–Crippen LogP) is 1.62. The third-order valence-corrected chi connectivity index (χ3v) is 3.25. The monoisotopic (exact) mass is 260 g/mol. The summed E-state index contributed by atoms with van der Waals surface area (Å²) in [5.41, 5.74) is 6.20. The zero-order valence-corrected chi connectivity index (χ0v) is 10.9. The van der Waals surface area contributed by atoms with Crippen LogP contribution in [0.1, 0.15) is 29.3 Å². The van der Waals surface area contributed by atoms with Crippen LogP contribution in [0.25, 0.3) is 0 Å². The van der Waals surface area contributed by atoms with Gasteiger partial charge in [0.2, 0.25) is 0 Å². The van der Waals surface area contributed by atoms with Gasteiger partial charge in [-0.05, 0) is 30.5 Å². The van der Waals surface area contributed by atoms with E-state index in [1.54, 1.807) is 4.90 Å². The van der Waals surface area contributed by atoms with Crippen LogP contribution < -0.4 is 5.73 Å². The average Bonchev–Trinajstić information content (AvgIpc) is 2.83. The Labute approximate surface area is 112 Å². The van der Waals surface area contributed by atoms with E-state index in [0.717, 1.165) is 19.5 Å². The van der Waals surface area contributed by atoms with Crippen molar-refractivity contribution in [3.05, 3.63) is 35.1 Å². The third kappa shape index (κ3) is 3.12. The number of hydrogen-bond donors (Lipinski definition) is 1. The first-order valence-corrected chi connectivity index (χ1v) is 6.39. The van der Waals surface area contributed by atoms with Crippen molar-refractivity contribution in [3.63, 3.8) is 0 Å². The molecule has 0 spiro atoms. The van der Waals surface area contributed by atoms with E-state index >= 15 is 0 Å². The maximum Gasteiger partial charge on any atom is 0.255 e. The molecule has 1 aliphatic rings. The van der Waals surface area contributed by atoms with Crippen LogP contribution in [-0.4, -0.2) is 30.4 Å². The fourth-order valence-electron chi connectivity index (χ4n) is 2.24. The summed E-state index contributed by atoms with van der Waals surface area (Å²) in [7, 11) is 0. The molecule has 1 aliphatic heterocycles. The van der Waals surface area contributed by atoms with Gasteiger partial charge in [0.05, 0.1) is 12.1 Å². The molecule has 19 heavy (non-hydrogen) atoms. The Kier molecular flexibility index (Phi) is 4.18. The molecule has 3 nitrogen and oxygen atoms in total. The van der Waals surface area contributed by atoms with Gasteiger partial charge in [0.15, 0.2) is 0 Å². The Morgan fingerprint density at radius 1 is 1.58 bits per heavy atom. The van der Waals surface area contributed by atoms with Gasteiger partial charge in [-0.1, -0.05) is 18.8 Å². The second-order valence-corrected chi connectivity index (χ2v) is 4.84. The summed E-state index contributed by atoms with van der Waals surface area (Å²) in [6.07, 6.45) is 0.991. The normalized spacial score (nSPS) is 18.1. The number of benzene rings is 1. The molecule has 100 valence electrons. The first-order chi connectivity index (χ1) is 9.11. The van der Waals surface area contributed by atoms with Gasteiger partial charge in [-0.25, -0.2) is 4.39 Å². The van der Waals surface area contributed by atoms with Crippen molar-refractivity contribution in [2.24, 2.45) is 11.7 Å². The van der Waals surface area contributed by atoms with Crippen molar-refractivity contribution in [1.29, 1.82) is 0 Å². The fourth-order valence-corrected chi connectivity index (χ4v) is 2.24. The number of likely N-dealkylation sites (tertiary alicyclic amines) is 1. The highest BCUT2D eigenvalue weighted by molar-refractivity contribution is 5.97. The van der Waals surface area contributed by atoms with Gasteiger partial charge in [0.1, 0.15) is 5.82 Å². The smallest absolute Gasteiger partial charge is 0.255 e. The topological polar surface area (TPSA) is 46.3 Å². The zero-order valence-electron chi connectivity index (χ0n) is 10.9. The molecule has 1 amide bonds. The zero-order chi connectivity index (χ0) is 13.8.